The first-order chi connectivity index (χ1) is 7.20. The van der Waals surface area contributed by atoms with Gasteiger partial charge in [0.25, 0.3) is 0 Å². The fourth-order valence-corrected chi connectivity index (χ4v) is 1.48. The molecular weight excluding hydrogens is 188 g/mol. The first-order valence-corrected chi connectivity index (χ1v) is 6.20. The Balaban J connectivity index is 3.20. The van der Waals surface area contributed by atoms with Crippen molar-refractivity contribution >= 4 is 0 Å². The largest absolute Gasteiger partial charge is 0.382 e. The van der Waals surface area contributed by atoms with Crippen molar-refractivity contribution in [2.24, 2.45) is 0 Å². The van der Waals surface area contributed by atoms with Crippen LogP contribution in [0.4, 0.5) is 0 Å². The van der Waals surface area contributed by atoms with Crippen molar-refractivity contribution in [1.82, 2.24) is 10.2 Å². The summed E-state index contributed by atoms with van der Waals surface area (Å²) in [5.41, 5.74) is 0. The van der Waals surface area contributed by atoms with Gasteiger partial charge in [-0.1, -0.05) is 6.92 Å². The molecule has 0 fully saturated rings. The second-order valence-corrected chi connectivity index (χ2v) is 4.11. The molecule has 0 spiro atoms. The van der Waals surface area contributed by atoms with Crippen molar-refractivity contribution in [2.45, 2.75) is 39.7 Å². The maximum Gasteiger partial charge on any atom is 0.0466 e. The van der Waals surface area contributed by atoms with E-state index in [2.05, 4.69) is 31.1 Å². The first kappa shape index (κ1) is 14.9. The van der Waals surface area contributed by atoms with Crippen molar-refractivity contribution in [3.8, 4) is 0 Å². The van der Waals surface area contributed by atoms with E-state index in [9.17, 15) is 0 Å². The fraction of sp³-hybridized carbons (Fsp3) is 1.00. The fourth-order valence-electron chi connectivity index (χ4n) is 1.48. The molecule has 0 aliphatic rings. The second-order valence-electron chi connectivity index (χ2n) is 4.11. The van der Waals surface area contributed by atoms with Gasteiger partial charge in [0.1, 0.15) is 0 Å². The number of hydrogen-bond acceptors (Lipinski definition) is 3. The Bertz CT molecular complexity index is 131. The lowest BCUT2D eigenvalue weighted by atomic mass is 10.2. The predicted octanol–water partition coefficient (Wildman–Crippen LogP) is 1.73. The molecule has 1 unspecified atom stereocenters. The average molecular weight is 216 g/mol. The van der Waals surface area contributed by atoms with Crippen LogP contribution in [-0.2, 0) is 4.74 Å². The third-order valence-electron chi connectivity index (χ3n) is 2.54. The van der Waals surface area contributed by atoms with Crippen molar-refractivity contribution in [3.05, 3.63) is 0 Å². The van der Waals surface area contributed by atoms with E-state index in [0.29, 0.717) is 6.04 Å². The Morgan fingerprint density at radius 2 is 2.00 bits per heavy atom. The normalized spacial score (nSPS) is 13.4. The summed E-state index contributed by atoms with van der Waals surface area (Å²) >= 11 is 0. The van der Waals surface area contributed by atoms with Crippen LogP contribution in [0.5, 0.6) is 0 Å². The lowest BCUT2D eigenvalue weighted by Crippen LogP contribution is -2.37. The van der Waals surface area contributed by atoms with Gasteiger partial charge in [-0.2, -0.15) is 0 Å². The van der Waals surface area contributed by atoms with Crippen molar-refractivity contribution in [3.63, 3.8) is 0 Å². The van der Waals surface area contributed by atoms with Gasteiger partial charge in [0.2, 0.25) is 0 Å². The van der Waals surface area contributed by atoms with E-state index in [1.165, 1.54) is 6.42 Å². The lowest BCUT2D eigenvalue weighted by molar-refractivity contribution is 0.143. The third kappa shape index (κ3) is 10.2. The van der Waals surface area contributed by atoms with Crippen LogP contribution in [0, 0.1) is 0 Å². The molecule has 0 aromatic carbocycles. The Morgan fingerprint density at radius 3 is 2.60 bits per heavy atom. The highest BCUT2D eigenvalue weighted by molar-refractivity contribution is 4.64. The van der Waals surface area contributed by atoms with E-state index in [0.717, 1.165) is 39.3 Å². The number of nitrogens with one attached hydrogen (secondary N) is 1. The summed E-state index contributed by atoms with van der Waals surface area (Å²) in [5, 5.41) is 3.53. The van der Waals surface area contributed by atoms with E-state index < -0.39 is 0 Å². The highest BCUT2D eigenvalue weighted by Gasteiger charge is 2.03. The molecular formula is C12H28N2O. The minimum Gasteiger partial charge on any atom is -0.382 e. The zero-order valence-corrected chi connectivity index (χ0v) is 10.9. The Morgan fingerprint density at radius 1 is 1.27 bits per heavy atom. The minimum absolute atomic E-state index is 0.585. The van der Waals surface area contributed by atoms with Crippen LogP contribution >= 0.6 is 0 Å². The van der Waals surface area contributed by atoms with Crippen LogP contribution < -0.4 is 5.32 Å². The van der Waals surface area contributed by atoms with E-state index in [-0.39, 0.29) is 0 Å². The van der Waals surface area contributed by atoms with Gasteiger partial charge in [0.05, 0.1) is 0 Å². The molecule has 92 valence electrons. The Kier molecular flexibility index (Phi) is 10.3. The molecule has 0 heterocycles. The van der Waals surface area contributed by atoms with Crippen LogP contribution in [0.2, 0.25) is 0 Å². The zero-order valence-electron chi connectivity index (χ0n) is 10.9. The molecule has 0 amide bonds. The number of nitrogens with zero attached hydrogens (tertiary/aromatic N) is 1. The molecule has 15 heavy (non-hydrogen) atoms. The first-order valence-electron chi connectivity index (χ1n) is 6.20. The number of hydrogen-bond donors (Lipinski definition) is 1. The van der Waals surface area contributed by atoms with Crippen LogP contribution in [0.3, 0.4) is 0 Å². The van der Waals surface area contributed by atoms with E-state index in [1.54, 1.807) is 0 Å². The summed E-state index contributed by atoms with van der Waals surface area (Å²) in [6, 6.07) is 0.585. The maximum atomic E-state index is 5.29. The average Bonchev–Trinajstić information content (AvgIpc) is 2.23. The van der Waals surface area contributed by atoms with E-state index in [4.69, 9.17) is 4.74 Å². The molecule has 0 rings (SSSR count). The lowest BCUT2D eigenvalue weighted by Gasteiger charge is -2.20. The van der Waals surface area contributed by atoms with Crippen LogP contribution in [0.1, 0.15) is 33.6 Å². The number of rotatable bonds is 10. The van der Waals surface area contributed by atoms with Gasteiger partial charge in [-0.05, 0) is 46.8 Å². The maximum absolute atomic E-state index is 5.29. The van der Waals surface area contributed by atoms with Gasteiger partial charge in [-0.3, -0.25) is 0 Å². The highest BCUT2D eigenvalue weighted by atomic mass is 16.5. The molecule has 1 N–H and O–H groups in total. The molecule has 3 heteroatoms. The Hall–Kier alpha value is -0.120. The van der Waals surface area contributed by atoms with E-state index >= 15 is 0 Å². The monoisotopic (exact) mass is 216 g/mol. The van der Waals surface area contributed by atoms with Gasteiger partial charge in [0.15, 0.2) is 0 Å². The summed E-state index contributed by atoms with van der Waals surface area (Å²) < 4.78 is 5.29. The predicted molar refractivity (Wildman–Crippen MR) is 66.4 cm³/mol. The minimum atomic E-state index is 0.585. The van der Waals surface area contributed by atoms with Crippen molar-refractivity contribution in [2.75, 3.05) is 39.9 Å². The summed E-state index contributed by atoms with van der Waals surface area (Å²) in [6.45, 7) is 11.6. The van der Waals surface area contributed by atoms with E-state index in [1.807, 2.05) is 6.92 Å². The summed E-state index contributed by atoms with van der Waals surface area (Å²) in [7, 11) is 2.16. The van der Waals surface area contributed by atoms with Crippen LogP contribution in [0.15, 0.2) is 0 Å². The standard InChI is InChI=1S/C12H28N2O/c1-5-14(4)11-12(3)13-9-7-8-10-15-6-2/h12-13H,5-11H2,1-4H3. The third-order valence-corrected chi connectivity index (χ3v) is 2.54. The molecule has 0 saturated heterocycles. The molecule has 1 atom stereocenters. The van der Waals surface area contributed by atoms with Gasteiger partial charge in [0, 0.05) is 25.8 Å². The zero-order chi connectivity index (χ0) is 11.5. The number of ether oxygens (including phenoxy) is 1. The molecule has 0 saturated carbocycles. The topological polar surface area (TPSA) is 24.5 Å². The molecule has 0 bridgehead atoms. The van der Waals surface area contributed by atoms with Gasteiger partial charge >= 0.3 is 0 Å². The number of likely N-dealkylation sites (N-methyl/N-ethyl adjacent to an activating group) is 1. The number of unbranched alkanes of at least 4 members (excludes halogenated alkanes) is 1. The molecule has 0 aromatic rings. The summed E-state index contributed by atoms with van der Waals surface area (Å²) in [4.78, 5) is 2.33. The van der Waals surface area contributed by atoms with Crippen LogP contribution in [-0.4, -0.2) is 50.8 Å². The highest BCUT2D eigenvalue weighted by Crippen LogP contribution is 1.91. The molecule has 0 aliphatic heterocycles. The molecule has 0 aromatic heterocycles. The molecule has 3 nitrogen and oxygen atoms in total. The summed E-state index contributed by atoms with van der Waals surface area (Å²) in [6.07, 6.45) is 2.37. The van der Waals surface area contributed by atoms with Crippen molar-refractivity contribution in [1.29, 1.82) is 0 Å². The second kappa shape index (κ2) is 10.4. The smallest absolute Gasteiger partial charge is 0.0466 e. The van der Waals surface area contributed by atoms with Gasteiger partial charge in [-0.25, -0.2) is 0 Å². The van der Waals surface area contributed by atoms with Gasteiger partial charge in [-0.15, -0.1) is 0 Å². The van der Waals surface area contributed by atoms with Gasteiger partial charge < -0.3 is 15.0 Å². The molecule has 0 radical (unpaired) electrons. The van der Waals surface area contributed by atoms with Crippen molar-refractivity contribution < 1.29 is 4.74 Å². The molecule has 0 aliphatic carbocycles. The Labute approximate surface area is 95.2 Å². The SMILES string of the molecule is CCOCCCCNC(C)CN(C)CC. The summed E-state index contributed by atoms with van der Waals surface area (Å²) in [5.74, 6) is 0. The van der Waals surface area contributed by atoms with Crippen LogP contribution in [0.25, 0.3) is 0 Å². The quantitative estimate of drug-likeness (QED) is 0.563.